The molecule has 1 aromatic heterocycles. The number of aromatic amines is 1. The Morgan fingerprint density at radius 3 is 2.92 bits per heavy atom. The summed E-state index contributed by atoms with van der Waals surface area (Å²) in [7, 11) is 0. The predicted molar refractivity (Wildman–Crippen MR) is 54.9 cm³/mol. The van der Waals surface area contributed by atoms with Crippen molar-refractivity contribution in [2.75, 3.05) is 0 Å². The first-order valence-electron chi connectivity index (χ1n) is 4.01. The predicted octanol–water partition coefficient (Wildman–Crippen LogP) is 2.73. The zero-order valence-corrected chi connectivity index (χ0v) is 8.03. The van der Waals surface area contributed by atoms with Gasteiger partial charge < -0.3 is 4.98 Å². The van der Waals surface area contributed by atoms with Crippen LogP contribution in [-0.2, 0) is 6.42 Å². The van der Waals surface area contributed by atoms with E-state index < -0.39 is 0 Å². The lowest BCUT2D eigenvalue weighted by Crippen LogP contribution is -1.91. The third-order valence-electron chi connectivity index (χ3n) is 1.71. The van der Waals surface area contributed by atoms with Crippen molar-refractivity contribution in [3.8, 4) is 6.07 Å². The molecule has 0 saturated heterocycles. The van der Waals surface area contributed by atoms with Crippen molar-refractivity contribution in [2.45, 2.75) is 12.8 Å². The summed E-state index contributed by atoms with van der Waals surface area (Å²) in [6.45, 7) is 3.64. The summed E-state index contributed by atoms with van der Waals surface area (Å²) in [4.78, 5) is 3.01. The molecule has 0 aromatic carbocycles. The molecule has 1 N–H and O–H groups in total. The van der Waals surface area contributed by atoms with Crippen LogP contribution in [0.1, 0.15) is 17.7 Å². The van der Waals surface area contributed by atoms with Crippen LogP contribution in [0.2, 0.25) is 0 Å². The lowest BCUT2D eigenvalue weighted by Gasteiger charge is -1.98. The summed E-state index contributed by atoms with van der Waals surface area (Å²) >= 11 is 4.99. The fourth-order valence-electron chi connectivity index (χ4n) is 1.01. The van der Waals surface area contributed by atoms with Crippen molar-refractivity contribution in [2.24, 2.45) is 0 Å². The van der Waals surface area contributed by atoms with Gasteiger partial charge in [-0.05, 0) is 25.0 Å². The topological polar surface area (TPSA) is 39.6 Å². The molecule has 3 heteroatoms. The molecule has 2 nitrogen and oxygen atoms in total. The van der Waals surface area contributed by atoms with E-state index in [0.717, 1.165) is 18.5 Å². The number of nitriles is 1. The number of nitrogens with zero attached hydrogens (tertiary/aromatic N) is 1. The molecule has 0 saturated carbocycles. The highest BCUT2D eigenvalue weighted by Crippen LogP contribution is 2.04. The Kier molecular flexibility index (Phi) is 3.41. The monoisotopic (exact) mass is 190 g/mol. The molecule has 1 rings (SSSR count). The molecule has 0 unspecified atom stereocenters. The molecule has 1 heterocycles. The Bertz CT molecular complexity index is 398. The van der Waals surface area contributed by atoms with E-state index in [-0.39, 0.29) is 0 Å². The minimum absolute atomic E-state index is 0.518. The average molecular weight is 190 g/mol. The molecule has 1 aromatic rings. The van der Waals surface area contributed by atoms with Gasteiger partial charge in [-0.1, -0.05) is 18.3 Å². The number of aryl methyl sites for hydroxylation is 1. The highest BCUT2D eigenvalue weighted by Gasteiger charge is 1.95. The van der Waals surface area contributed by atoms with E-state index in [1.165, 1.54) is 0 Å². The van der Waals surface area contributed by atoms with E-state index in [1.54, 1.807) is 6.07 Å². The second kappa shape index (κ2) is 4.58. The van der Waals surface area contributed by atoms with Gasteiger partial charge in [0.15, 0.2) is 0 Å². The van der Waals surface area contributed by atoms with Crippen LogP contribution in [0.4, 0.5) is 0 Å². The van der Waals surface area contributed by atoms with Gasteiger partial charge in [0.2, 0.25) is 0 Å². The highest BCUT2D eigenvalue weighted by atomic mass is 32.1. The lowest BCUT2D eigenvalue weighted by atomic mass is 10.2. The molecule has 66 valence electrons. The summed E-state index contributed by atoms with van der Waals surface area (Å²) in [5.41, 5.74) is 1.57. The van der Waals surface area contributed by atoms with Crippen LogP contribution in [-0.4, -0.2) is 4.98 Å². The van der Waals surface area contributed by atoms with Crippen LogP contribution in [0, 0.1) is 16.0 Å². The van der Waals surface area contributed by atoms with Crippen molar-refractivity contribution < 1.29 is 0 Å². The van der Waals surface area contributed by atoms with Gasteiger partial charge in [-0.25, -0.2) is 0 Å². The zero-order chi connectivity index (χ0) is 9.68. The second-order valence-electron chi connectivity index (χ2n) is 2.67. The Morgan fingerprint density at radius 1 is 1.62 bits per heavy atom. The molecule has 0 fully saturated rings. The number of hydrogen-bond donors (Lipinski definition) is 1. The maximum Gasteiger partial charge on any atom is 0.121 e. The number of H-pyrrole nitrogens is 1. The number of rotatable bonds is 3. The van der Waals surface area contributed by atoms with Gasteiger partial charge in [-0.3, -0.25) is 0 Å². The smallest absolute Gasteiger partial charge is 0.121 e. The average Bonchev–Trinajstić information content (AvgIpc) is 2.15. The Labute approximate surface area is 82.5 Å². The fraction of sp³-hybridized carbons (Fsp3) is 0.200. The SMILES string of the molecule is C=CCCc1ccc(C#N)c(=S)[nH]1. The number of aromatic nitrogens is 1. The molecule has 0 bridgehead atoms. The normalized spacial score (nSPS) is 9.15. The van der Waals surface area contributed by atoms with E-state index in [4.69, 9.17) is 17.5 Å². The number of pyridine rings is 1. The summed E-state index contributed by atoms with van der Waals surface area (Å²) in [5.74, 6) is 0. The molecular formula is C10H10N2S. The van der Waals surface area contributed by atoms with Gasteiger partial charge in [0, 0.05) is 5.69 Å². The molecule has 0 amide bonds. The summed E-state index contributed by atoms with van der Waals surface area (Å²) in [6, 6.07) is 5.66. The third kappa shape index (κ3) is 2.53. The van der Waals surface area contributed by atoms with Crippen molar-refractivity contribution in [3.05, 3.63) is 40.7 Å². The van der Waals surface area contributed by atoms with Crippen molar-refractivity contribution in [3.63, 3.8) is 0 Å². The van der Waals surface area contributed by atoms with Crippen LogP contribution >= 0.6 is 12.2 Å². The van der Waals surface area contributed by atoms with Crippen LogP contribution in [0.15, 0.2) is 24.8 Å². The van der Waals surface area contributed by atoms with E-state index in [9.17, 15) is 0 Å². The van der Waals surface area contributed by atoms with E-state index in [2.05, 4.69) is 11.6 Å². The van der Waals surface area contributed by atoms with Crippen LogP contribution < -0.4 is 0 Å². The van der Waals surface area contributed by atoms with Crippen molar-refractivity contribution >= 4 is 12.2 Å². The van der Waals surface area contributed by atoms with Crippen molar-refractivity contribution in [1.82, 2.24) is 4.98 Å². The molecule has 0 radical (unpaired) electrons. The first-order chi connectivity index (χ1) is 6.27. The lowest BCUT2D eigenvalue weighted by molar-refractivity contribution is 0.939. The maximum absolute atomic E-state index is 8.63. The molecule has 0 aliphatic rings. The van der Waals surface area contributed by atoms with Gasteiger partial charge in [-0.15, -0.1) is 6.58 Å². The van der Waals surface area contributed by atoms with Gasteiger partial charge in [-0.2, -0.15) is 5.26 Å². The highest BCUT2D eigenvalue weighted by molar-refractivity contribution is 7.71. The quantitative estimate of drug-likeness (QED) is 0.588. The summed E-state index contributed by atoms with van der Waals surface area (Å²) in [5, 5.41) is 8.63. The van der Waals surface area contributed by atoms with E-state index >= 15 is 0 Å². The van der Waals surface area contributed by atoms with Crippen LogP contribution in [0.3, 0.4) is 0 Å². The Balaban J connectivity index is 2.91. The van der Waals surface area contributed by atoms with Gasteiger partial charge >= 0.3 is 0 Å². The number of nitrogens with one attached hydrogen (secondary N) is 1. The summed E-state index contributed by atoms with van der Waals surface area (Å²) < 4.78 is 0.518. The number of allylic oxidation sites excluding steroid dienone is 1. The molecule has 0 aliphatic heterocycles. The Hall–Kier alpha value is -1.40. The van der Waals surface area contributed by atoms with Crippen molar-refractivity contribution in [1.29, 1.82) is 5.26 Å². The largest absolute Gasteiger partial charge is 0.349 e. The maximum atomic E-state index is 8.63. The number of hydrogen-bond acceptors (Lipinski definition) is 2. The van der Waals surface area contributed by atoms with Gasteiger partial charge in [0.05, 0.1) is 5.56 Å². The molecule has 0 spiro atoms. The first kappa shape index (κ1) is 9.69. The third-order valence-corrected chi connectivity index (χ3v) is 2.03. The standard InChI is InChI=1S/C10H10N2S/c1-2-3-4-9-6-5-8(7-11)10(13)12-9/h2,5-6H,1,3-4H2,(H,12,13). The second-order valence-corrected chi connectivity index (χ2v) is 3.07. The summed E-state index contributed by atoms with van der Waals surface area (Å²) in [6.07, 6.45) is 3.66. The zero-order valence-electron chi connectivity index (χ0n) is 7.21. The minimum atomic E-state index is 0.518. The molecular weight excluding hydrogens is 180 g/mol. The van der Waals surface area contributed by atoms with Crippen LogP contribution in [0.25, 0.3) is 0 Å². The van der Waals surface area contributed by atoms with E-state index in [1.807, 2.05) is 18.2 Å². The minimum Gasteiger partial charge on any atom is -0.349 e. The van der Waals surface area contributed by atoms with E-state index in [0.29, 0.717) is 10.2 Å². The first-order valence-corrected chi connectivity index (χ1v) is 4.42. The fourth-order valence-corrected chi connectivity index (χ4v) is 1.25. The molecule has 13 heavy (non-hydrogen) atoms. The Morgan fingerprint density at radius 2 is 2.38 bits per heavy atom. The van der Waals surface area contributed by atoms with Gasteiger partial charge in [0.25, 0.3) is 0 Å². The molecule has 0 aliphatic carbocycles. The molecule has 0 atom stereocenters. The van der Waals surface area contributed by atoms with Crippen LogP contribution in [0.5, 0.6) is 0 Å². The van der Waals surface area contributed by atoms with Gasteiger partial charge in [0.1, 0.15) is 10.7 Å².